The van der Waals surface area contributed by atoms with Crippen molar-refractivity contribution in [3.63, 3.8) is 0 Å². The van der Waals surface area contributed by atoms with Crippen molar-refractivity contribution in [3.8, 4) is 10.4 Å². The number of carbonyl (C=O) groups excluding carboxylic acids is 1. The monoisotopic (exact) mass is 321 g/mol. The van der Waals surface area contributed by atoms with Gasteiger partial charge in [0.15, 0.2) is 0 Å². The van der Waals surface area contributed by atoms with Gasteiger partial charge in [0.25, 0.3) is 5.91 Å². The molecule has 1 heterocycles. The van der Waals surface area contributed by atoms with E-state index in [1.165, 1.54) is 30.4 Å². The Morgan fingerprint density at radius 1 is 1.23 bits per heavy atom. The van der Waals surface area contributed by atoms with Crippen molar-refractivity contribution >= 4 is 23.2 Å². The normalized spacial score (nSPS) is 13.4. The van der Waals surface area contributed by atoms with Crippen LogP contribution in [-0.4, -0.2) is 22.5 Å². The summed E-state index contributed by atoms with van der Waals surface area (Å²) in [6, 6.07) is 9.38. The SMILES string of the molecule is CCC(C)(NC(=O)c1ccc(-c2ccc(F)cc2)s1)C(=O)O. The average Bonchev–Trinajstić information content (AvgIpc) is 2.97. The highest BCUT2D eigenvalue weighted by atomic mass is 32.1. The molecule has 0 spiro atoms. The lowest BCUT2D eigenvalue weighted by molar-refractivity contribution is -0.143. The third-order valence-corrected chi connectivity index (χ3v) is 4.66. The molecule has 6 heteroatoms. The number of carboxylic acids is 1. The van der Waals surface area contributed by atoms with E-state index in [-0.39, 0.29) is 12.2 Å². The number of nitrogens with one attached hydrogen (secondary N) is 1. The van der Waals surface area contributed by atoms with Crippen molar-refractivity contribution in [3.05, 3.63) is 47.1 Å². The fourth-order valence-electron chi connectivity index (χ4n) is 1.83. The number of thiophene rings is 1. The van der Waals surface area contributed by atoms with Crippen molar-refractivity contribution in [2.75, 3.05) is 0 Å². The molecule has 1 aromatic heterocycles. The van der Waals surface area contributed by atoms with E-state index < -0.39 is 17.4 Å². The summed E-state index contributed by atoms with van der Waals surface area (Å²) in [5.41, 5.74) is -0.487. The molecule has 2 aromatic rings. The predicted molar refractivity (Wildman–Crippen MR) is 83.5 cm³/mol. The molecule has 1 atom stereocenters. The summed E-state index contributed by atoms with van der Waals surface area (Å²) in [5.74, 6) is -1.82. The van der Waals surface area contributed by atoms with E-state index in [9.17, 15) is 19.1 Å². The van der Waals surface area contributed by atoms with E-state index in [0.29, 0.717) is 4.88 Å². The van der Waals surface area contributed by atoms with E-state index >= 15 is 0 Å². The van der Waals surface area contributed by atoms with Gasteiger partial charge in [0, 0.05) is 4.88 Å². The minimum atomic E-state index is -1.29. The van der Waals surface area contributed by atoms with Gasteiger partial charge in [-0.2, -0.15) is 0 Å². The number of rotatable bonds is 5. The van der Waals surface area contributed by atoms with Crippen LogP contribution in [0.5, 0.6) is 0 Å². The summed E-state index contributed by atoms with van der Waals surface area (Å²) in [6.07, 6.45) is 0.282. The minimum Gasteiger partial charge on any atom is -0.480 e. The molecule has 0 aliphatic rings. The maximum Gasteiger partial charge on any atom is 0.329 e. The van der Waals surface area contributed by atoms with Crippen molar-refractivity contribution in [2.24, 2.45) is 0 Å². The lowest BCUT2D eigenvalue weighted by Crippen LogP contribution is -2.51. The number of aliphatic carboxylic acids is 1. The van der Waals surface area contributed by atoms with E-state index in [4.69, 9.17) is 0 Å². The van der Waals surface area contributed by atoms with Gasteiger partial charge in [-0.25, -0.2) is 9.18 Å². The second-order valence-electron chi connectivity index (χ2n) is 5.12. The molecule has 0 aliphatic heterocycles. The highest BCUT2D eigenvalue weighted by Crippen LogP contribution is 2.28. The molecule has 1 unspecified atom stereocenters. The molecule has 2 N–H and O–H groups in total. The zero-order chi connectivity index (χ0) is 16.3. The number of carboxylic acid groups (broad SMARTS) is 1. The average molecular weight is 321 g/mol. The first kappa shape index (κ1) is 16.2. The van der Waals surface area contributed by atoms with Gasteiger partial charge in [0.2, 0.25) is 0 Å². The first-order valence-electron chi connectivity index (χ1n) is 6.77. The van der Waals surface area contributed by atoms with Crippen LogP contribution in [0.3, 0.4) is 0 Å². The molecule has 0 aliphatic carbocycles. The summed E-state index contributed by atoms with van der Waals surface area (Å²) in [5, 5.41) is 11.7. The Kier molecular flexibility index (Phi) is 4.61. The summed E-state index contributed by atoms with van der Waals surface area (Å²) in [7, 11) is 0. The maximum absolute atomic E-state index is 12.9. The second kappa shape index (κ2) is 6.27. The lowest BCUT2D eigenvalue weighted by atomic mass is 9.99. The molecular formula is C16H16FNO3S. The number of benzene rings is 1. The largest absolute Gasteiger partial charge is 0.480 e. The smallest absolute Gasteiger partial charge is 0.329 e. The van der Waals surface area contributed by atoms with Gasteiger partial charge in [-0.05, 0) is 43.2 Å². The van der Waals surface area contributed by atoms with Crippen LogP contribution in [0, 0.1) is 5.82 Å². The van der Waals surface area contributed by atoms with Gasteiger partial charge >= 0.3 is 5.97 Å². The summed E-state index contributed by atoms with van der Waals surface area (Å²) >= 11 is 1.24. The molecule has 0 bridgehead atoms. The van der Waals surface area contributed by atoms with Crippen molar-refractivity contribution in [1.29, 1.82) is 0 Å². The minimum absolute atomic E-state index is 0.282. The number of carbonyl (C=O) groups is 2. The van der Waals surface area contributed by atoms with Gasteiger partial charge in [0.1, 0.15) is 11.4 Å². The van der Waals surface area contributed by atoms with Crippen molar-refractivity contribution < 1.29 is 19.1 Å². The highest BCUT2D eigenvalue weighted by Gasteiger charge is 2.33. The zero-order valence-electron chi connectivity index (χ0n) is 12.2. The Bertz CT molecular complexity index is 696. The maximum atomic E-state index is 12.9. The molecule has 0 saturated heterocycles. The number of halogens is 1. The van der Waals surface area contributed by atoms with E-state index in [1.54, 1.807) is 31.2 Å². The molecule has 0 saturated carbocycles. The van der Waals surface area contributed by atoms with Crippen molar-refractivity contribution in [2.45, 2.75) is 25.8 Å². The Balaban J connectivity index is 2.19. The summed E-state index contributed by atoms with van der Waals surface area (Å²) in [6.45, 7) is 3.18. The Morgan fingerprint density at radius 2 is 1.86 bits per heavy atom. The van der Waals surface area contributed by atoms with E-state index in [0.717, 1.165) is 10.4 Å². The molecule has 0 radical (unpaired) electrons. The molecule has 1 aromatic carbocycles. The number of amides is 1. The fraction of sp³-hybridized carbons (Fsp3) is 0.250. The molecular weight excluding hydrogens is 305 g/mol. The van der Waals surface area contributed by atoms with Crippen LogP contribution in [0.2, 0.25) is 0 Å². The van der Waals surface area contributed by atoms with Gasteiger partial charge < -0.3 is 10.4 Å². The third-order valence-electron chi connectivity index (χ3n) is 3.53. The van der Waals surface area contributed by atoms with Gasteiger partial charge in [-0.1, -0.05) is 19.1 Å². The Labute approximate surface area is 131 Å². The van der Waals surface area contributed by atoms with Crippen LogP contribution in [0.1, 0.15) is 29.9 Å². The standard InChI is InChI=1S/C16H16FNO3S/c1-3-16(2,15(20)21)18-14(19)13-9-8-12(22-13)10-4-6-11(17)7-5-10/h4-9H,3H2,1-2H3,(H,18,19)(H,20,21). The zero-order valence-corrected chi connectivity index (χ0v) is 13.0. The van der Waals surface area contributed by atoms with Gasteiger partial charge in [-0.3, -0.25) is 4.79 Å². The first-order chi connectivity index (χ1) is 10.4. The van der Waals surface area contributed by atoms with Crippen LogP contribution >= 0.6 is 11.3 Å². The molecule has 116 valence electrons. The predicted octanol–water partition coefficient (Wildman–Crippen LogP) is 3.54. The lowest BCUT2D eigenvalue weighted by Gasteiger charge is -2.24. The van der Waals surface area contributed by atoms with Crippen LogP contribution in [-0.2, 0) is 4.79 Å². The molecule has 2 rings (SSSR count). The van der Waals surface area contributed by atoms with Crippen LogP contribution in [0.25, 0.3) is 10.4 Å². The number of hydrogen-bond acceptors (Lipinski definition) is 3. The Morgan fingerprint density at radius 3 is 2.41 bits per heavy atom. The van der Waals surface area contributed by atoms with E-state index in [2.05, 4.69) is 5.32 Å². The van der Waals surface area contributed by atoms with Crippen LogP contribution in [0.4, 0.5) is 4.39 Å². The molecule has 0 fully saturated rings. The molecule has 4 nitrogen and oxygen atoms in total. The summed E-state index contributed by atoms with van der Waals surface area (Å²) < 4.78 is 12.9. The summed E-state index contributed by atoms with van der Waals surface area (Å²) in [4.78, 5) is 24.7. The second-order valence-corrected chi connectivity index (χ2v) is 6.20. The van der Waals surface area contributed by atoms with Crippen molar-refractivity contribution in [1.82, 2.24) is 5.32 Å². The number of hydrogen-bond donors (Lipinski definition) is 2. The highest BCUT2D eigenvalue weighted by molar-refractivity contribution is 7.17. The van der Waals surface area contributed by atoms with Crippen LogP contribution < -0.4 is 5.32 Å². The van der Waals surface area contributed by atoms with Crippen LogP contribution in [0.15, 0.2) is 36.4 Å². The topological polar surface area (TPSA) is 66.4 Å². The third kappa shape index (κ3) is 3.33. The quantitative estimate of drug-likeness (QED) is 0.885. The van der Waals surface area contributed by atoms with Gasteiger partial charge in [0.05, 0.1) is 4.88 Å². The molecule has 22 heavy (non-hydrogen) atoms. The molecule has 1 amide bonds. The Hall–Kier alpha value is -2.21. The fourth-order valence-corrected chi connectivity index (χ4v) is 2.74. The van der Waals surface area contributed by atoms with Gasteiger partial charge in [-0.15, -0.1) is 11.3 Å². The first-order valence-corrected chi connectivity index (χ1v) is 7.59. The van der Waals surface area contributed by atoms with E-state index in [1.807, 2.05) is 0 Å².